The first-order valence-electron chi connectivity index (χ1n) is 9.86. The lowest BCUT2D eigenvalue weighted by Crippen LogP contribution is -2.30. The molecule has 6 nitrogen and oxygen atoms in total. The Morgan fingerprint density at radius 3 is 2.45 bits per heavy atom. The second-order valence-electron chi connectivity index (χ2n) is 7.27. The predicted molar refractivity (Wildman–Crippen MR) is 110 cm³/mol. The second kappa shape index (κ2) is 9.56. The number of aryl methyl sites for hydroxylation is 2. The molecule has 6 heteroatoms. The van der Waals surface area contributed by atoms with E-state index in [9.17, 15) is 9.59 Å². The fourth-order valence-electron chi connectivity index (χ4n) is 3.17. The van der Waals surface area contributed by atoms with Gasteiger partial charge in [0.2, 0.25) is 0 Å². The zero-order valence-electron chi connectivity index (χ0n) is 17.1. The normalized spacial score (nSPS) is 16.9. The molecule has 1 amide bonds. The summed E-state index contributed by atoms with van der Waals surface area (Å²) in [6, 6.07) is 12.5. The number of benzene rings is 2. The van der Waals surface area contributed by atoms with Crippen LogP contribution in [0, 0.1) is 13.8 Å². The molecule has 154 valence electrons. The van der Waals surface area contributed by atoms with E-state index in [2.05, 4.69) is 5.32 Å². The average Bonchev–Trinajstić information content (AvgIpc) is 3.23. The van der Waals surface area contributed by atoms with Crippen molar-refractivity contribution in [1.29, 1.82) is 0 Å². The molecule has 2 aromatic carbocycles. The highest BCUT2D eigenvalue weighted by Gasteiger charge is 2.20. The Hall–Kier alpha value is -2.86. The molecule has 1 aliphatic rings. The van der Waals surface area contributed by atoms with Crippen molar-refractivity contribution < 1.29 is 23.8 Å². The summed E-state index contributed by atoms with van der Waals surface area (Å²) < 4.78 is 16.5. The van der Waals surface area contributed by atoms with Gasteiger partial charge >= 0.3 is 5.97 Å². The van der Waals surface area contributed by atoms with Crippen LogP contribution in [-0.2, 0) is 14.3 Å². The van der Waals surface area contributed by atoms with Gasteiger partial charge in [0.1, 0.15) is 12.4 Å². The minimum absolute atomic E-state index is 0.135. The first kappa shape index (κ1) is 20.9. The molecule has 0 bridgehead atoms. The molecule has 0 aromatic heterocycles. The summed E-state index contributed by atoms with van der Waals surface area (Å²) in [5.74, 6) is -0.259. The monoisotopic (exact) mass is 397 g/mol. The van der Waals surface area contributed by atoms with E-state index >= 15 is 0 Å². The number of carbonyl (C=O) groups is 2. The van der Waals surface area contributed by atoms with Crippen LogP contribution in [0.1, 0.15) is 41.3 Å². The van der Waals surface area contributed by atoms with Crippen LogP contribution in [0.4, 0.5) is 5.69 Å². The molecule has 1 fully saturated rings. The predicted octanol–water partition coefficient (Wildman–Crippen LogP) is 4.05. The Labute approximate surface area is 171 Å². The van der Waals surface area contributed by atoms with Crippen LogP contribution in [0.25, 0.3) is 0 Å². The van der Waals surface area contributed by atoms with Crippen molar-refractivity contribution in [3.63, 3.8) is 0 Å². The zero-order chi connectivity index (χ0) is 20.8. The lowest BCUT2D eigenvalue weighted by Gasteiger charge is -2.16. The first-order valence-corrected chi connectivity index (χ1v) is 9.86. The van der Waals surface area contributed by atoms with Gasteiger partial charge in [0.05, 0.1) is 11.7 Å². The Morgan fingerprint density at radius 1 is 1.14 bits per heavy atom. The number of nitrogens with one attached hydrogen (secondary N) is 1. The Morgan fingerprint density at radius 2 is 1.83 bits per heavy atom. The van der Waals surface area contributed by atoms with Gasteiger partial charge in [-0.05, 0) is 69.0 Å². The maximum Gasteiger partial charge on any atom is 0.338 e. The molecule has 0 saturated carbocycles. The molecule has 1 N–H and O–H groups in total. The van der Waals surface area contributed by atoms with Crippen LogP contribution in [0.15, 0.2) is 42.5 Å². The van der Waals surface area contributed by atoms with Crippen molar-refractivity contribution in [2.75, 3.05) is 18.5 Å². The molecule has 2 aromatic rings. The molecule has 3 rings (SSSR count). The third kappa shape index (κ3) is 5.57. The van der Waals surface area contributed by atoms with E-state index in [1.807, 2.05) is 32.0 Å². The largest absolute Gasteiger partial charge is 0.491 e. The molecule has 0 radical (unpaired) electrons. The maximum absolute atomic E-state index is 12.4. The number of hydrogen-bond donors (Lipinski definition) is 1. The van der Waals surface area contributed by atoms with E-state index in [4.69, 9.17) is 14.2 Å². The highest BCUT2D eigenvalue weighted by Crippen LogP contribution is 2.20. The number of carbonyl (C=O) groups excluding carboxylic acids is 2. The van der Waals surface area contributed by atoms with Crippen molar-refractivity contribution >= 4 is 17.6 Å². The molecule has 29 heavy (non-hydrogen) atoms. The maximum atomic E-state index is 12.4. The van der Waals surface area contributed by atoms with Gasteiger partial charge in [0.15, 0.2) is 6.10 Å². The number of amides is 1. The summed E-state index contributed by atoms with van der Waals surface area (Å²) >= 11 is 0. The van der Waals surface area contributed by atoms with Crippen molar-refractivity contribution in [2.45, 2.75) is 45.8 Å². The van der Waals surface area contributed by atoms with Gasteiger partial charge < -0.3 is 19.5 Å². The average molecular weight is 397 g/mol. The standard InChI is InChI=1S/C23H27NO5/c1-15-6-4-7-16(2)21(15)24-22(25)17(3)29-23(26)18-9-11-19(12-10-18)28-14-20-8-5-13-27-20/h4,6-7,9-12,17,20H,5,8,13-14H2,1-3H3,(H,24,25)/t17-,20+/m1/s1. The Bertz CT molecular complexity index is 836. The third-order valence-corrected chi connectivity index (χ3v) is 4.93. The fourth-order valence-corrected chi connectivity index (χ4v) is 3.17. The van der Waals surface area contributed by atoms with E-state index in [1.54, 1.807) is 31.2 Å². The molecule has 1 heterocycles. The molecule has 0 aliphatic carbocycles. The van der Waals surface area contributed by atoms with Crippen LogP contribution in [0.5, 0.6) is 5.75 Å². The molecule has 2 atom stereocenters. The van der Waals surface area contributed by atoms with Crippen LogP contribution >= 0.6 is 0 Å². The third-order valence-electron chi connectivity index (χ3n) is 4.93. The molecule has 0 unspecified atom stereocenters. The summed E-state index contributed by atoms with van der Waals surface area (Å²) in [6.07, 6.45) is 1.29. The van der Waals surface area contributed by atoms with Gasteiger partial charge in [-0.1, -0.05) is 18.2 Å². The molecule has 1 aliphatic heterocycles. The molecular weight excluding hydrogens is 370 g/mol. The lowest BCUT2D eigenvalue weighted by atomic mass is 10.1. The van der Waals surface area contributed by atoms with Crippen LogP contribution < -0.4 is 10.1 Å². The van der Waals surface area contributed by atoms with Crippen LogP contribution in [-0.4, -0.2) is 37.3 Å². The smallest absolute Gasteiger partial charge is 0.338 e. The van der Waals surface area contributed by atoms with E-state index in [0.717, 1.165) is 36.3 Å². The van der Waals surface area contributed by atoms with Gasteiger partial charge in [-0.25, -0.2) is 4.79 Å². The van der Waals surface area contributed by atoms with E-state index < -0.39 is 12.1 Å². The summed E-state index contributed by atoms with van der Waals surface area (Å²) in [7, 11) is 0. The van der Waals surface area contributed by atoms with Gasteiger partial charge in [-0.3, -0.25) is 4.79 Å². The summed E-state index contributed by atoms with van der Waals surface area (Å²) in [5.41, 5.74) is 3.01. The topological polar surface area (TPSA) is 73.9 Å². The summed E-state index contributed by atoms with van der Waals surface area (Å²) in [6.45, 7) is 6.68. The Kier molecular flexibility index (Phi) is 6.88. The lowest BCUT2D eigenvalue weighted by molar-refractivity contribution is -0.123. The number of hydrogen-bond acceptors (Lipinski definition) is 5. The van der Waals surface area contributed by atoms with E-state index in [1.165, 1.54) is 0 Å². The second-order valence-corrected chi connectivity index (χ2v) is 7.27. The summed E-state index contributed by atoms with van der Waals surface area (Å²) in [4.78, 5) is 24.8. The van der Waals surface area contributed by atoms with Crippen LogP contribution in [0.3, 0.4) is 0 Å². The number of esters is 1. The molecular formula is C23H27NO5. The van der Waals surface area contributed by atoms with Gasteiger partial charge in [0.25, 0.3) is 5.91 Å². The van der Waals surface area contributed by atoms with Gasteiger partial charge in [-0.2, -0.15) is 0 Å². The van der Waals surface area contributed by atoms with E-state index in [-0.39, 0.29) is 12.0 Å². The van der Waals surface area contributed by atoms with Gasteiger partial charge in [-0.15, -0.1) is 0 Å². The quantitative estimate of drug-likeness (QED) is 0.714. The van der Waals surface area contributed by atoms with Crippen molar-refractivity contribution in [2.24, 2.45) is 0 Å². The number of ether oxygens (including phenoxy) is 3. The number of anilines is 1. The highest BCUT2D eigenvalue weighted by atomic mass is 16.5. The van der Waals surface area contributed by atoms with E-state index in [0.29, 0.717) is 17.9 Å². The van der Waals surface area contributed by atoms with Crippen LogP contribution in [0.2, 0.25) is 0 Å². The number of para-hydroxylation sites is 1. The minimum atomic E-state index is -0.919. The molecule has 0 spiro atoms. The zero-order valence-corrected chi connectivity index (χ0v) is 17.1. The summed E-state index contributed by atoms with van der Waals surface area (Å²) in [5, 5.41) is 2.84. The Balaban J connectivity index is 1.52. The first-order chi connectivity index (χ1) is 13.9. The SMILES string of the molecule is Cc1cccc(C)c1NC(=O)[C@@H](C)OC(=O)c1ccc(OC[C@@H]2CCCO2)cc1. The van der Waals surface area contributed by atoms with Crippen molar-refractivity contribution in [3.8, 4) is 5.75 Å². The minimum Gasteiger partial charge on any atom is -0.491 e. The highest BCUT2D eigenvalue weighted by molar-refractivity contribution is 5.98. The van der Waals surface area contributed by atoms with Gasteiger partial charge in [0, 0.05) is 12.3 Å². The van der Waals surface area contributed by atoms with Crippen molar-refractivity contribution in [3.05, 3.63) is 59.2 Å². The fraction of sp³-hybridized carbons (Fsp3) is 0.391. The van der Waals surface area contributed by atoms with Crippen molar-refractivity contribution in [1.82, 2.24) is 0 Å². The number of rotatable bonds is 7. The molecule has 1 saturated heterocycles.